The fourth-order valence-corrected chi connectivity index (χ4v) is 5.19. The molecule has 2 bridgehead atoms. The van der Waals surface area contributed by atoms with Gasteiger partial charge in [-0.1, -0.05) is 35.4 Å². The van der Waals surface area contributed by atoms with Crippen molar-refractivity contribution in [3.05, 3.63) is 70.2 Å². The van der Waals surface area contributed by atoms with Crippen LogP contribution in [0, 0.1) is 23.7 Å². The van der Waals surface area contributed by atoms with E-state index in [2.05, 4.69) is 5.32 Å². The Morgan fingerprint density at radius 3 is 2.18 bits per heavy atom. The minimum atomic E-state index is -0.705. The minimum Gasteiger partial charge on any atom is -0.452 e. The van der Waals surface area contributed by atoms with Crippen LogP contribution in [0.2, 0.25) is 10.0 Å². The molecule has 168 valence electrons. The van der Waals surface area contributed by atoms with E-state index in [9.17, 15) is 19.2 Å². The van der Waals surface area contributed by atoms with Gasteiger partial charge in [-0.05, 0) is 60.7 Å². The zero-order valence-corrected chi connectivity index (χ0v) is 18.7. The van der Waals surface area contributed by atoms with E-state index in [1.807, 2.05) is 12.2 Å². The lowest BCUT2D eigenvalue weighted by Gasteiger charge is -2.17. The first-order chi connectivity index (χ1) is 15.8. The van der Waals surface area contributed by atoms with Gasteiger partial charge in [0.1, 0.15) is 0 Å². The Labute approximate surface area is 199 Å². The normalized spacial score (nSPS) is 24.8. The van der Waals surface area contributed by atoms with Gasteiger partial charge < -0.3 is 10.1 Å². The summed E-state index contributed by atoms with van der Waals surface area (Å²) in [4.78, 5) is 51.4. The van der Waals surface area contributed by atoms with Crippen LogP contribution in [0.3, 0.4) is 0 Å². The maximum absolute atomic E-state index is 12.9. The number of carbonyl (C=O) groups is 4. The van der Waals surface area contributed by atoms with E-state index in [1.165, 1.54) is 29.2 Å². The molecule has 0 unspecified atom stereocenters. The first kappa shape index (κ1) is 21.7. The second-order valence-corrected chi connectivity index (χ2v) is 9.13. The summed E-state index contributed by atoms with van der Waals surface area (Å²) in [5, 5.41) is 3.20. The lowest BCUT2D eigenvalue weighted by atomic mass is 9.85. The number of nitrogens with one attached hydrogen (secondary N) is 1. The van der Waals surface area contributed by atoms with Crippen molar-refractivity contribution in [2.45, 2.75) is 6.42 Å². The van der Waals surface area contributed by atoms with Crippen molar-refractivity contribution in [3.8, 4) is 0 Å². The highest BCUT2D eigenvalue weighted by Gasteiger charge is 2.59. The van der Waals surface area contributed by atoms with Gasteiger partial charge in [0.05, 0.1) is 33.1 Å². The average Bonchev–Trinajstić information content (AvgIpc) is 3.48. The van der Waals surface area contributed by atoms with Crippen molar-refractivity contribution in [3.63, 3.8) is 0 Å². The van der Waals surface area contributed by atoms with E-state index in [4.69, 9.17) is 27.9 Å². The molecule has 3 aliphatic rings. The molecule has 0 spiro atoms. The molecular formula is C24H18Cl2N2O5. The van der Waals surface area contributed by atoms with Crippen molar-refractivity contribution in [2.75, 3.05) is 16.8 Å². The summed E-state index contributed by atoms with van der Waals surface area (Å²) < 4.78 is 5.05. The second-order valence-electron chi connectivity index (χ2n) is 8.31. The average molecular weight is 485 g/mol. The highest BCUT2D eigenvalue weighted by atomic mass is 35.5. The van der Waals surface area contributed by atoms with Crippen LogP contribution in [0.4, 0.5) is 11.4 Å². The molecule has 2 aromatic rings. The molecule has 2 fully saturated rings. The van der Waals surface area contributed by atoms with Crippen LogP contribution in [0.15, 0.2) is 54.6 Å². The van der Waals surface area contributed by atoms with Gasteiger partial charge in [0.15, 0.2) is 6.61 Å². The molecule has 7 nitrogen and oxygen atoms in total. The number of nitrogens with zero attached hydrogens (tertiary/aromatic N) is 1. The molecule has 1 saturated heterocycles. The van der Waals surface area contributed by atoms with E-state index < -0.39 is 18.5 Å². The molecule has 1 aliphatic heterocycles. The number of hydrogen-bond donors (Lipinski definition) is 1. The van der Waals surface area contributed by atoms with Gasteiger partial charge in [-0.2, -0.15) is 0 Å². The Bertz CT molecular complexity index is 1180. The minimum absolute atomic E-state index is 0.130. The van der Waals surface area contributed by atoms with Gasteiger partial charge >= 0.3 is 5.97 Å². The molecule has 3 amide bonds. The topological polar surface area (TPSA) is 92.8 Å². The van der Waals surface area contributed by atoms with E-state index in [-0.39, 0.29) is 46.1 Å². The number of anilines is 2. The van der Waals surface area contributed by atoms with Crippen molar-refractivity contribution in [1.82, 2.24) is 0 Å². The Balaban J connectivity index is 1.20. The zero-order chi connectivity index (χ0) is 23.3. The number of allylic oxidation sites excluding steroid dienone is 2. The lowest BCUT2D eigenvalue weighted by molar-refractivity contribution is -0.123. The van der Waals surface area contributed by atoms with Crippen LogP contribution in [0.5, 0.6) is 0 Å². The monoisotopic (exact) mass is 484 g/mol. The highest BCUT2D eigenvalue weighted by Crippen LogP contribution is 2.53. The maximum atomic E-state index is 12.9. The van der Waals surface area contributed by atoms with E-state index >= 15 is 0 Å². The molecule has 1 saturated carbocycles. The van der Waals surface area contributed by atoms with Crippen molar-refractivity contribution in [1.29, 1.82) is 0 Å². The number of imide groups is 1. The number of rotatable bonds is 5. The molecule has 5 rings (SSSR count). The van der Waals surface area contributed by atoms with E-state index in [0.29, 0.717) is 16.4 Å². The van der Waals surface area contributed by atoms with Gasteiger partial charge in [0, 0.05) is 5.69 Å². The molecule has 33 heavy (non-hydrogen) atoms. The van der Waals surface area contributed by atoms with Crippen LogP contribution < -0.4 is 10.2 Å². The summed E-state index contributed by atoms with van der Waals surface area (Å²) in [6.45, 7) is -0.497. The van der Waals surface area contributed by atoms with E-state index in [1.54, 1.807) is 18.2 Å². The third-order valence-corrected chi connectivity index (χ3v) is 7.11. The largest absolute Gasteiger partial charge is 0.452 e. The van der Waals surface area contributed by atoms with Gasteiger partial charge in [-0.3, -0.25) is 19.3 Å². The molecule has 0 aromatic heterocycles. The van der Waals surface area contributed by atoms with Gasteiger partial charge in [0.2, 0.25) is 11.8 Å². The third-order valence-electron chi connectivity index (χ3n) is 6.37. The molecule has 1 heterocycles. The number of carbonyl (C=O) groups excluding carboxylic acids is 4. The second kappa shape index (κ2) is 8.32. The van der Waals surface area contributed by atoms with Crippen LogP contribution in [0.1, 0.15) is 16.8 Å². The molecule has 9 heteroatoms. The highest BCUT2D eigenvalue weighted by molar-refractivity contribution is 6.42. The SMILES string of the molecule is O=C(COC(=O)c1ccc(N2C(=O)[C@@H]3[C@H](C2=O)[C@H]2C=C[C@H]3C2)cc1)Nc1ccc(Cl)c(Cl)c1. The summed E-state index contributed by atoms with van der Waals surface area (Å²) in [6.07, 6.45) is 4.94. The van der Waals surface area contributed by atoms with Gasteiger partial charge in [0.25, 0.3) is 5.91 Å². The van der Waals surface area contributed by atoms with E-state index in [0.717, 1.165) is 6.42 Å². The van der Waals surface area contributed by atoms with Crippen LogP contribution in [-0.2, 0) is 19.1 Å². The van der Waals surface area contributed by atoms with Crippen molar-refractivity contribution >= 4 is 58.3 Å². The Morgan fingerprint density at radius 2 is 1.58 bits per heavy atom. The number of hydrogen-bond acceptors (Lipinski definition) is 5. The Morgan fingerprint density at radius 1 is 0.939 bits per heavy atom. The number of fused-ring (bicyclic) bond motifs is 5. The number of halogens is 2. The molecule has 2 aromatic carbocycles. The molecule has 0 radical (unpaired) electrons. The summed E-state index contributed by atoms with van der Waals surface area (Å²) >= 11 is 11.7. The first-order valence-corrected chi connectivity index (χ1v) is 11.2. The zero-order valence-electron chi connectivity index (χ0n) is 17.2. The summed E-state index contributed by atoms with van der Waals surface area (Å²) in [5.74, 6) is -1.92. The van der Waals surface area contributed by atoms with Crippen LogP contribution in [0.25, 0.3) is 0 Å². The number of esters is 1. The molecular weight excluding hydrogens is 467 g/mol. The van der Waals surface area contributed by atoms with Gasteiger partial charge in [-0.15, -0.1) is 0 Å². The van der Waals surface area contributed by atoms with Gasteiger partial charge in [-0.25, -0.2) is 4.79 Å². The molecule has 2 aliphatic carbocycles. The Hall–Kier alpha value is -3.16. The smallest absolute Gasteiger partial charge is 0.338 e. The molecule has 4 atom stereocenters. The van der Waals surface area contributed by atoms with Crippen molar-refractivity contribution < 1.29 is 23.9 Å². The van der Waals surface area contributed by atoms with Crippen LogP contribution in [-0.4, -0.2) is 30.3 Å². The van der Waals surface area contributed by atoms with Crippen LogP contribution >= 0.6 is 23.2 Å². The predicted octanol–water partition coefficient (Wildman–Crippen LogP) is 4.10. The maximum Gasteiger partial charge on any atom is 0.338 e. The summed E-state index contributed by atoms with van der Waals surface area (Å²) in [5.41, 5.74) is 1.04. The first-order valence-electron chi connectivity index (χ1n) is 10.4. The number of amides is 3. The summed E-state index contributed by atoms with van der Waals surface area (Å²) in [7, 11) is 0. The summed E-state index contributed by atoms with van der Waals surface area (Å²) in [6, 6.07) is 10.6. The van der Waals surface area contributed by atoms with Crippen molar-refractivity contribution in [2.24, 2.45) is 23.7 Å². The fraction of sp³-hybridized carbons (Fsp3) is 0.250. The molecule has 1 N–H and O–H groups in total. The number of ether oxygens (including phenoxy) is 1. The lowest BCUT2D eigenvalue weighted by Crippen LogP contribution is -2.32. The fourth-order valence-electron chi connectivity index (χ4n) is 4.89. The Kier molecular flexibility index (Phi) is 5.46. The standard InChI is InChI=1S/C24H18Cl2N2O5/c25-17-8-5-15(10-18(17)26)27-19(29)11-33-24(32)12-3-6-16(7-4-12)28-22(30)20-13-1-2-14(9-13)21(20)23(28)31/h1-8,10,13-14,20-21H,9,11H2,(H,27,29)/t13-,14-,20-,21+/m0/s1. The predicted molar refractivity (Wildman–Crippen MR) is 122 cm³/mol. The third kappa shape index (κ3) is 3.81. The quantitative estimate of drug-likeness (QED) is 0.391. The number of benzene rings is 2.